The van der Waals surface area contributed by atoms with E-state index in [1.54, 1.807) is 19.4 Å². The Hall–Kier alpha value is -2.08. The van der Waals surface area contributed by atoms with Crippen molar-refractivity contribution in [3.63, 3.8) is 0 Å². The molecule has 1 amide bonds. The molecule has 3 rings (SSSR count). The Kier molecular flexibility index (Phi) is 4.81. The Morgan fingerprint density at radius 1 is 1.43 bits per heavy atom. The molecule has 1 aliphatic rings. The van der Waals surface area contributed by atoms with Gasteiger partial charge in [-0.15, -0.1) is 0 Å². The van der Waals surface area contributed by atoms with E-state index in [1.165, 1.54) is 6.26 Å². The molecule has 0 aliphatic carbocycles. The van der Waals surface area contributed by atoms with Crippen molar-refractivity contribution in [2.24, 2.45) is 5.92 Å². The van der Waals surface area contributed by atoms with Crippen LogP contribution in [0.5, 0.6) is 0 Å². The third-order valence-corrected chi connectivity index (χ3v) is 4.52. The van der Waals surface area contributed by atoms with Crippen LogP contribution in [-0.4, -0.2) is 40.6 Å². The number of likely N-dealkylation sites (tertiary alicyclic amines) is 1. The summed E-state index contributed by atoms with van der Waals surface area (Å²) in [6, 6.07) is 1.72. The molecule has 1 aliphatic heterocycles. The van der Waals surface area contributed by atoms with Crippen LogP contribution in [0.4, 0.5) is 0 Å². The van der Waals surface area contributed by atoms with Crippen molar-refractivity contribution >= 4 is 5.91 Å². The number of hydrogen-bond donors (Lipinski definition) is 0. The summed E-state index contributed by atoms with van der Waals surface area (Å²) in [7, 11) is 1.69. The summed E-state index contributed by atoms with van der Waals surface area (Å²) in [5.41, 5.74) is 1.80. The van der Waals surface area contributed by atoms with Gasteiger partial charge in [0.15, 0.2) is 0 Å². The fourth-order valence-electron chi connectivity index (χ4n) is 3.15. The van der Waals surface area contributed by atoms with Gasteiger partial charge in [-0.25, -0.2) is 4.98 Å². The average molecular weight is 317 g/mol. The summed E-state index contributed by atoms with van der Waals surface area (Å²) >= 11 is 0. The minimum Gasteiger partial charge on any atom is -0.472 e. The predicted molar refractivity (Wildman–Crippen MR) is 85.0 cm³/mol. The number of ether oxygens (including phenoxy) is 1. The number of imidazole rings is 1. The summed E-state index contributed by atoms with van der Waals surface area (Å²) in [6.07, 6.45) is 6.96. The first-order valence-electron chi connectivity index (χ1n) is 8.00. The summed E-state index contributed by atoms with van der Waals surface area (Å²) in [5, 5.41) is 0. The van der Waals surface area contributed by atoms with Crippen molar-refractivity contribution < 1.29 is 13.9 Å². The second kappa shape index (κ2) is 7.00. The van der Waals surface area contributed by atoms with Crippen LogP contribution in [0.1, 0.15) is 34.7 Å². The van der Waals surface area contributed by atoms with Gasteiger partial charge in [-0.2, -0.15) is 0 Å². The molecule has 124 valence electrons. The Morgan fingerprint density at radius 2 is 2.22 bits per heavy atom. The molecule has 0 aromatic carbocycles. The molecule has 0 bridgehead atoms. The van der Waals surface area contributed by atoms with Crippen LogP contribution in [0.3, 0.4) is 0 Å². The maximum absolute atomic E-state index is 12.3. The number of nitrogens with zero attached hydrogens (tertiary/aromatic N) is 3. The second-order valence-corrected chi connectivity index (χ2v) is 6.11. The van der Waals surface area contributed by atoms with E-state index in [-0.39, 0.29) is 5.91 Å². The van der Waals surface area contributed by atoms with Gasteiger partial charge in [0, 0.05) is 38.6 Å². The summed E-state index contributed by atoms with van der Waals surface area (Å²) < 4.78 is 12.5. The van der Waals surface area contributed by atoms with Gasteiger partial charge >= 0.3 is 0 Å². The third kappa shape index (κ3) is 3.47. The normalized spacial score (nSPS) is 16.0. The molecule has 0 atom stereocenters. The number of amides is 1. The van der Waals surface area contributed by atoms with Crippen LogP contribution in [0.2, 0.25) is 0 Å². The van der Waals surface area contributed by atoms with Crippen molar-refractivity contribution in [2.45, 2.75) is 32.9 Å². The highest BCUT2D eigenvalue weighted by molar-refractivity contribution is 5.93. The van der Waals surface area contributed by atoms with Crippen LogP contribution in [0, 0.1) is 12.8 Å². The van der Waals surface area contributed by atoms with Gasteiger partial charge in [0.25, 0.3) is 5.91 Å². The second-order valence-electron chi connectivity index (χ2n) is 6.11. The summed E-state index contributed by atoms with van der Waals surface area (Å²) in [4.78, 5) is 18.6. The Balaban J connectivity index is 1.57. The number of hydrogen-bond acceptors (Lipinski definition) is 4. The van der Waals surface area contributed by atoms with Crippen LogP contribution in [0.15, 0.2) is 29.2 Å². The minimum atomic E-state index is 0.0658. The molecule has 0 radical (unpaired) electrons. The maximum atomic E-state index is 12.3. The van der Waals surface area contributed by atoms with Crippen molar-refractivity contribution in [3.8, 4) is 0 Å². The molecule has 0 spiro atoms. The third-order valence-electron chi connectivity index (χ3n) is 4.52. The largest absolute Gasteiger partial charge is 0.472 e. The first-order chi connectivity index (χ1) is 11.2. The number of carbonyl (C=O) groups is 1. The molecule has 1 fully saturated rings. The van der Waals surface area contributed by atoms with Gasteiger partial charge in [0.1, 0.15) is 18.7 Å². The fraction of sp³-hybridized carbons (Fsp3) is 0.529. The van der Waals surface area contributed by atoms with Gasteiger partial charge in [-0.05, 0) is 31.7 Å². The molecule has 0 unspecified atom stereocenters. The highest BCUT2D eigenvalue weighted by Crippen LogP contribution is 2.22. The van der Waals surface area contributed by atoms with Crippen molar-refractivity contribution in [1.82, 2.24) is 14.5 Å². The molecule has 2 aromatic rings. The summed E-state index contributed by atoms with van der Waals surface area (Å²) in [6.45, 7) is 5.14. The first kappa shape index (κ1) is 15.8. The molecule has 0 saturated carbocycles. The molecule has 1 saturated heterocycles. The molecule has 0 N–H and O–H groups in total. The van der Waals surface area contributed by atoms with Crippen LogP contribution in [-0.2, 0) is 17.9 Å². The molecule has 2 aromatic heterocycles. The number of aryl methyl sites for hydroxylation is 1. The zero-order valence-corrected chi connectivity index (χ0v) is 13.7. The molecular weight excluding hydrogens is 294 g/mol. The number of carbonyl (C=O) groups excluding carboxylic acids is 1. The Bertz CT molecular complexity index is 640. The molecule has 6 heteroatoms. The Labute approximate surface area is 136 Å². The Morgan fingerprint density at radius 3 is 2.87 bits per heavy atom. The van der Waals surface area contributed by atoms with E-state index in [2.05, 4.69) is 16.5 Å². The van der Waals surface area contributed by atoms with Gasteiger partial charge < -0.3 is 18.6 Å². The van der Waals surface area contributed by atoms with Crippen LogP contribution < -0.4 is 0 Å². The van der Waals surface area contributed by atoms with E-state index in [9.17, 15) is 4.79 Å². The lowest BCUT2D eigenvalue weighted by atomic mass is 9.96. The number of aromatic nitrogens is 2. The van der Waals surface area contributed by atoms with E-state index < -0.39 is 0 Å². The SMILES string of the molecule is COCc1ncc(C)n1CC1CCN(C(=O)c2ccoc2)CC1. The van der Waals surface area contributed by atoms with Gasteiger partial charge in [-0.1, -0.05) is 0 Å². The highest BCUT2D eigenvalue weighted by atomic mass is 16.5. The van der Waals surface area contributed by atoms with E-state index in [0.29, 0.717) is 18.1 Å². The van der Waals surface area contributed by atoms with Crippen molar-refractivity contribution in [1.29, 1.82) is 0 Å². The first-order valence-corrected chi connectivity index (χ1v) is 8.00. The van der Waals surface area contributed by atoms with Crippen molar-refractivity contribution in [3.05, 3.63) is 41.9 Å². The van der Waals surface area contributed by atoms with Crippen LogP contribution >= 0.6 is 0 Å². The molecule has 23 heavy (non-hydrogen) atoms. The molecule has 6 nitrogen and oxygen atoms in total. The fourth-order valence-corrected chi connectivity index (χ4v) is 3.15. The topological polar surface area (TPSA) is 60.5 Å². The lowest BCUT2D eigenvalue weighted by Gasteiger charge is -2.32. The van der Waals surface area contributed by atoms with Gasteiger partial charge in [0.05, 0.1) is 11.8 Å². The standard InChI is InChI=1S/C17H23N3O3/c1-13-9-18-16(12-22-2)20(13)10-14-3-6-19(7-4-14)17(21)15-5-8-23-11-15/h5,8-9,11,14H,3-4,6-7,10,12H2,1-2H3. The molecule has 3 heterocycles. The average Bonchev–Trinajstić information content (AvgIpc) is 3.21. The minimum absolute atomic E-state index is 0.0658. The smallest absolute Gasteiger partial charge is 0.257 e. The lowest BCUT2D eigenvalue weighted by Crippen LogP contribution is -2.39. The maximum Gasteiger partial charge on any atom is 0.257 e. The summed E-state index contributed by atoms with van der Waals surface area (Å²) in [5.74, 6) is 1.60. The molecular formula is C17H23N3O3. The van der Waals surface area contributed by atoms with Gasteiger partial charge in [0.2, 0.25) is 0 Å². The van der Waals surface area contributed by atoms with E-state index in [1.807, 2.05) is 11.1 Å². The van der Waals surface area contributed by atoms with E-state index in [4.69, 9.17) is 9.15 Å². The monoisotopic (exact) mass is 317 g/mol. The quantitative estimate of drug-likeness (QED) is 0.850. The van der Waals surface area contributed by atoms with E-state index >= 15 is 0 Å². The van der Waals surface area contributed by atoms with Crippen LogP contribution in [0.25, 0.3) is 0 Å². The zero-order chi connectivity index (χ0) is 16.2. The van der Waals surface area contributed by atoms with E-state index in [0.717, 1.165) is 44.0 Å². The zero-order valence-electron chi connectivity index (χ0n) is 13.7. The highest BCUT2D eigenvalue weighted by Gasteiger charge is 2.25. The number of furan rings is 1. The number of rotatable bonds is 5. The lowest BCUT2D eigenvalue weighted by molar-refractivity contribution is 0.0680. The number of piperidine rings is 1. The van der Waals surface area contributed by atoms with Gasteiger partial charge in [-0.3, -0.25) is 4.79 Å². The predicted octanol–water partition coefficient (Wildman–Crippen LogP) is 2.48. The van der Waals surface area contributed by atoms with Crippen molar-refractivity contribution in [2.75, 3.05) is 20.2 Å². The number of methoxy groups -OCH3 is 1.